The highest BCUT2D eigenvalue weighted by Gasteiger charge is 2.37. The van der Waals surface area contributed by atoms with Crippen molar-refractivity contribution < 1.29 is 29.0 Å². The van der Waals surface area contributed by atoms with Gasteiger partial charge in [0.05, 0.1) is 42.2 Å². The van der Waals surface area contributed by atoms with E-state index >= 15 is 0 Å². The Morgan fingerprint density at radius 2 is 1.76 bits per heavy atom. The smallest absolute Gasteiger partial charge is 0.315 e. The molecule has 2 atom stereocenters. The molecule has 0 aromatic heterocycles. The lowest BCUT2D eigenvalue weighted by Gasteiger charge is -2.30. The second-order valence-electron chi connectivity index (χ2n) is 10.3. The molecule has 0 radical (unpaired) electrons. The van der Waals surface area contributed by atoms with E-state index in [1.54, 1.807) is 20.1 Å². The predicted molar refractivity (Wildman–Crippen MR) is 155 cm³/mol. The molecule has 5 rings (SSSR count). The summed E-state index contributed by atoms with van der Waals surface area (Å²) in [5.74, 6) is 0.456. The Hall–Kier alpha value is -4.73. The molecule has 1 heterocycles. The lowest BCUT2D eigenvalue weighted by Crippen LogP contribution is -2.27. The van der Waals surface area contributed by atoms with Gasteiger partial charge in [-0.05, 0) is 74.6 Å². The van der Waals surface area contributed by atoms with Crippen molar-refractivity contribution in [1.82, 2.24) is 0 Å². The standard InChI is InChI=1S/C31H33N3O7/c1-5-40-28-16-20(13-24(31(28)36)34(37)38)30-29-23(32-21-8-6-7-9-22(21)33-30)12-19(14-25(29)35)18-10-11-26(41-17(2)3)27(15-18)39-4/h6-11,13,15-17,19,30,32-33,36H,5,12,14H2,1-4H3. The number of hydrogen-bond acceptors (Lipinski definition) is 9. The monoisotopic (exact) mass is 559 g/mol. The molecule has 0 spiro atoms. The number of aromatic hydroxyl groups is 1. The van der Waals surface area contributed by atoms with E-state index in [1.807, 2.05) is 56.3 Å². The van der Waals surface area contributed by atoms with Crippen LogP contribution in [0.2, 0.25) is 0 Å². The summed E-state index contributed by atoms with van der Waals surface area (Å²) in [5.41, 5.74) is 3.63. The van der Waals surface area contributed by atoms with Gasteiger partial charge in [-0.1, -0.05) is 18.2 Å². The Labute approximate surface area is 238 Å². The fraction of sp³-hybridized carbons (Fsp3) is 0.323. The first-order valence-corrected chi connectivity index (χ1v) is 13.6. The number of nitro benzene ring substituents is 1. The van der Waals surface area contributed by atoms with Crippen molar-refractivity contribution in [3.8, 4) is 23.0 Å². The van der Waals surface area contributed by atoms with Gasteiger partial charge in [0.15, 0.2) is 23.0 Å². The number of carbonyl (C=O) groups is 1. The Bertz CT molecular complexity index is 1530. The molecule has 3 N–H and O–H groups in total. The van der Waals surface area contributed by atoms with Gasteiger partial charge in [-0.2, -0.15) is 0 Å². The van der Waals surface area contributed by atoms with Crippen molar-refractivity contribution in [1.29, 1.82) is 0 Å². The first-order valence-electron chi connectivity index (χ1n) is 13.6. The zero-order valence-corrected chi connectivity index (χ0v) is 23.4. The van der Waals surface area contributed by atoms with Crippen LogP contribution < -0.4 is 24.8 Å². The fourth-order valence-corrected chi connectivity index (χ4v) is 5.45. The molecular weight excluding hydrogens is 526 g/mol. The van der Waals surface area contributed by atoms with Crippen molar-refractivity contribution in [2.75, 3.05) is 24.4 Å². The molecule has 10 heteroatoms. The minimum absolute atomic E-state index is 0.0110. The minimum Gasteiger partial charge on any atom is -0.500 e. The zero-order valence-electron chi connectivity index (χ0n) is 23.4. The largest absolute Gasteiger partial charge is 0.500 e. The number of anilines is 2. The van der Waals surface area contributed by atoms with E-state index in [4.69, 9.17) is 14.2 Å². The fourth-order valence-electron chi connectivity index (χ4n) is 5.45. The summed E-state index contributed by atoms with van der Waals surface area (Å²) in [6, 6.07) is 15.4. The van der Waals surface area contributed by atoms with Gasteiger partial charge >= 0.3 is 5.69 Å². The normalized spacial score (nSPS) is 18.0. The van der Waals surface area contributed by atoms with E-state index < -0.39 is 22.4 Å². The summed E-state index contributed by atoms with van der Waals surface area (Å²) in [5, 5.41) is 29.2. The molecule has 1 aliphatic heterocycles. The van der Waals surface area contributed by atoms with Gasteiger partial charge in [0, 0.05) is 23.8 Å². The van der Waals surface area contributed by atoms with Gasteiger partial charge in [-0.25, -0.2) is 0 Å². The van der Waals surface area contributed by atoms with Crippen LogP contribution in [0.4, 0.5) is 17.1 Å². The third kappa shape index (κ3) is 5.50. The van der Waals surface area contributed by atoms with E-state index in [2.05, 4.69) is 10.6 Å². The van der Waals surface area contributed by atoms with E-state index in [0.717, 1.165) is 22.6 Å². The lowest BCUT2D eigenvalue weighted by molar-refractivity contribution is -0.386. The predicted octanol–water partition coefficient (Wildman–Crippen LogP) is 6.47. The van der Waals surface area contributed by atoms with Crippen molar-refractivity contribution in [2.45, 2.75) is 51.7 Å². The summed E-state index contributed by atoms with van der Waals surface area (Å²) in [6.45, 7) is 5.82. The van der Waals surface area contributed by atoms with E-state index in [-0.39, 0.29) is 36.6 Å². The van der Waals surface area contributed by atoms with E-state index in [0.29, 0.717) is 29.1 Å². The first-order chi connectivity index (χ1) is 19.7. The summed E-state index contributed by atoms with van der Waals surface area (Å²) in [6.07, 6.45) is 0.748. The number of fused-ring (bicyclic) bond motifs is 1. The summed E-state index contributed by atoms with van der Waals surface area (Å²) >= 11 is 0. The number of hydrogen-bond donors (Lipinski definition) is 3. The van der Waals surface area contributed by atoms with Crippen LogP contribution in [-0.4, -0.2) is 35.6 Å². The van der Waals surface area contributed by atoms with Crippen molar-refractivity contribution in [3.05, 3.63) is 87.1 Å². The highest BCUT2D eigenvalue weighted by atomic mass is 16.6. The van der Waals surface area contributed by atoms with Crippen LogP contribution in [0.1, 0.15) is 56.7 Å². The summed E-state index contributed by atoms with van der Waals surface area (Å²) in [4.78, 5) is 25.1. The van der Waals surface area contributed by atoms with Crippen molar-refractivity contribution >= 4 is 22.8 Å². The van der Waals surface area contributed by atoms with Crippen LogP contribution in [-0.2, 0) is 4.79 Å². The summed E-state index contributed by atoms with van der Waals surface area (Å²) in [7, 11) is 1.59. The van der Waals surface area contributed by atoms with Crippen LogP contribution in [0, 0.1) is 10.1 Å². The van der Waals surface area contributed by atoms with Crippen LogP contribution in [0.5, 0.6) is 23.0 Å². The maximum atomic E-state index is 14.0. The third-order valence-electron chi connectivity index (χ3n) is 7.24. The molecule has 2 aliphatic rings. The molecule has 0 bridgehead atoms. The quantitative estimate of drug-likeness (QED) is 0.210. The molecule has 1 aliphatic carbocycles. The Morgan fingerprint density at radius 1 is 1.02 bits per heavy atom. The number of ether oxygens (including phenoxy) is 3. The average molecular weight is 560 g/mol. The molecule has 214 valence electrons. The number of ketones is 1. The average Bonchev–Trinajstić information content (AvgIpc) is 3.11. The molecule has 3 aromatic rings. The van der Waals surface area contributed by atoms with Crippen LogP contribution in [0.15, 0.2) is 65.9 Å². The van der Waals surface area contributed by atoms with Gasteiger partial charge in [0.25, 0.3) is 0 Å². The van der Waals surface area contributed by atoms with E-state index in [1.165, 1.54) is 6.07 Å². The van der Waals surface area contributed by atoms with Gasteiger partial charge < -0.3 is 30.0 Å². The molecule has 41 heavy (non-hydrogen) atoms. The van der Waals surface area contributed by atoms with Crippen LogP contribution in [0.3, 0.4) is 0 Å². The number of carbonyl (C=O) groups excluding carboxylic acids is 1. The number of nitrogens with one attached hydrogen (secondary N) is 2. The number of para-hydroxylation sites is 2. The summed E-state index contributed by atoms with van der Waals surface area (Å²) < 4.78 is 17.0. The SMILES string of the molecule is CCOc1cc(C2Nc3ccccc3NC3=C2C(=O)CC(c2ccc(OC(C)C)c(OC)c2)C3)cc([N+](=O)[O-])c1O. The van der Waals surface area contributed by atoms with Gasteiger partial charge in [0.2, 0.25) is 5.75 Å². The number of benzene rings is 3. The van der Waals surface area contributed by atoms with Gasteiger partial charge in [0.1, 0.15) is 0 Å². The highest BCUT2D eigenvalue weighted by Crippen LogP contribution is 2.47. The molecule has 2 unspecified atom stereocenters. The number of phenols is 1. The third-order valence-corrected chi connectivity index (χ3v) is 7.24. The highest BCUT2D eigenvalue weighted by molar-refractivity contribution is 6.01. The van der Waals surface area contributed by atoms with Crippen LogP contribution >= 0.6 is 0 Å². The second-order valence-corrected chi connectivity index (χ2v) is 10.3. The topological polar surface area (TPSA) is 132 Å². The number of phenolic OH excluding ortho intramolecular Hbond substituents is 1. The van der Waals surface area contributed by atoms with Gasteiger partial charge in [-0.15, -0.1) is 0 Å². The van der Waals surface area contributed by atoms with Crippen LogP contribution in [0.25, 0.3) is 0 Å². The Kier molecular flexibility index (Phi) is 7.74. The van der Waals surface area contributed by atoms with Crippen molar-refractivity contribution in [3.63, 3.8) is 0 Å². The van der Waals surface area contributed by atoms with Gasteiger partial charge in [-0.3, -0.25) is 14.9 Å². The van der Waals surface area contributed by atoms with Crippen molar-refractivity contribution in [2.24, 2.45) is 0 Å². The Morgan fingerprint density at radius 3 is 2.44 bits per heavy atom. The first kappa shape index (κ1) is 27.8. The number of nitrogens with zero attached hydrogens (tertiary/aromatic N) is 1. The number of nitro groups is 1. The molecular formula is C31H33N3O7. The lowest BCUT2D eigenvalue weighted by atomic mass is 9.78. The molecule has 0 saturated heterocycles. The second kappa shape index (κ2) is 11.4. The number of rotatable bonds is 8. The number of Topliss-reactive ketones (excluding diaryl/α,β-unsaturated/α-hetero) is 1. The molecule has 0 amide bonds. The van der Waals surface area contributed by atoms with E-state index in [9.17, 15) is 20.0 Å². The molecule has 0 saturated carbocycles. The molecule has 10 nitrogen and oxygen atoms in total. The Balaban J connectivity index is 1.60. The molecule has 3 aromatic carbocycles. The molecule has 0 fully saturated rings. The zero-order chi connectivity index (χ0) is 29.3. The number of methoxy groups -OCH3 is 1. The maximum Gasteiger partial charge on any atom is 0.315 e. The maximum absolute atomic E-state index is 14.0. The minimum atomic E-state index is -0.718. The number of allylic oxidation sites excluding steroid dienone is 1.